The fourth-order valence-electron chi connectivity index (χ4n) is 1.79. The molecule has 1 aliphatic rings. The Balaban J connectivity index is 2.27. The number of carbonyl (C=O) groups excluding carboxylic acids is 1. The molecule has 0 atom stereocenters. The molecule has 0 heterocycles. The van der Waals surface area contributed by atoms with E-state index in [0.717, 1.165) is 12.7 Å². The van der Waals surface area contributed by atoms with Gasteiger partial charge in [0, 0.05) is 13.1 Å². The number of sulfonamides is 1. The second-order valence-electron chi connectivity index (χ2n) is 4.52. The summed E-state index contributed by atoms with van der Waals surface area (Å²) in [6, 6.07) is 0. The highest BCUT2D eigenvalue weighted by Crippen LogP contribution is 2.41. The molecule has 8 heteroatoms. The Labute approximate surface area is 106 Å². The average molecular weight is 278 g/mol. The van der Waals surface area contributed by atoms with Crippen LogP contribution in [-0.2, 0) is 19.6 Å². The fraction of sp³-hybridized carbons (Fsp3) is 0.800. The number of rotatable bonds is 7. The summed E-state index contributed by atoms with van der Waals surface area (Å²) in [5, 5.41) is 11.5. The van der Waals surface area contributed by atoms with E-state index < -0.39 is 27.3 Å². The van der Waals surface area contributed by atoms with Gasteiger partial charge in [0.15, 0.2) is 0 Å². The fourth-order valence-corrected chi connectivity index (χ4v) is 2.30. The lowest BCUT2D eigenvalue weighted by Gasteiger charge is -2.35. The first-order valence-electron chi connectivity index (χ1n) is 5.74. The normalized spacial score (nSPS) is 17.8. The van der Waals surface area contributed by atoms with E-state index in [4.69, 9.17) is 5.11 Å². The molecular formula is C10H18N2O5S. The van der Waals surface area contributed by atoms with Gasteiger partial charge < -0.3 is 10.4 Å². The predicted molar refractivity (Wildman–Crippen MR) is 64.4 cm³/mol. The van der Waals surface area contributed by atoms with Crippen molar-refractivity contribution in [3.8, 4) is 0 Å². The lowest BCUT2D eigenvalue weighted by atomic mass is 9.68. The molecule has 1 rings (SSSR count). The molecule has 1 fully saturated rings. The van der Waals surface area contributed by atoms with E-state index in [2.05, 4.69) is 10.0 Å². The van der Waals surface area contributed by atoms with Crippen molar-refractivity contribution in [3.63, 3.8) is 0 Å². The maximum Gasteiger partial charge on any atom is 0.319 e. The first-order valence-corrected chi connectivity index (χ1v) is 7.63. The Hall–Kier alpha value is -1.15. The summed E-state index contributed by atoms with van der Waals surface area (Å²) in [6.07, 6.45) is 2.97. The molecule has 0 spiro atoms. The average Bonchev–Trinajstić information content (AvgIpc) is 2.12. The van der Waals surface area contributed by atoms with E-state index in [-0.39, 0.29) is 13.1 Å². The van der Waals surface area contributed by atoms with Gasteiger partial charge in [-0.1, -0.05) is 6.42 Å². The van der Waals surface area contributed by atoms with Gasteiger partial charge in [-0.2, -0.15) is 0 Å². The molecule has 1 saturated carbocycles. The summed E-state index contributed by atoms with van der Waals surface area (Å²) < 4.78 is 23.8. The molecule has 3 N–H and O–H groups in total. The van der Waals surface area contributed by atoms with Crippen molar-refractivity contribution in [2.75, 3.05) is 19.3 Å². The molecule has 0 bridgehead atoms. The van der Waals surface area contributed by atoms with Crippen molar-refractivity contribution in [3.05, 3.63) is 0 Å². The molecule has 0 saturated heterocycles. The number of hydrogen-bond donors (Lipinski definition) is 3. The third-order valence-corrected chi connectivity index (χ3v) is 3.78. The monoisotopic (exact) mass is 278 g/mol. The maximum absolute atomic E-state index is 11.7. The lowest BCUT2D eigenvalue weighted by Crippen LogP contribution is -2.51. The van der Waals surface area contributed by atoms with Crippen LogP contribution in [0, 0.1) is 5.41 Å². The van der Waals surface area contributed by atoms with E-state index in [9.17, 15) is 18.0 Å². The maximum atomic E-state index is 11.7. The van der Waals surface area contributed by atoms with Gasteiger partial charge in [-0.25, -0.2) is 13.1 Å². The largest absolute Gasteiger partial charge is 0.480 e. The van der Waals surface area contributed by atoms with Gasteiger partial charge in [-0.05, 0) is 19.3 Å². The minimum Gasteiger partial charge on any atom is -0.480 e. The van der Waals surface area contributed by atoms with E-state index >= 15 is 0 Å². The van der Waals surface area contributed by atoms with Crippen molar-refractivity contribution in [2.45, 2.75) is 25.7 Å². The topological polar surface area (TPSA) is 113 Å². The van der Waals surface area contributed by atoms with E-state index in [1.807, 2.05) is 0 Å². The molecule has 1 aliphatic carbocycles. The summed E-state index contributed by atoms with van der Waals surface area (Å²) in [4.78, 5) is 22.7. The number of amides is 1. The zero-order chi connectivity index (χ0) is 13.8. The Morgan fingerprint density at radius 1 is 1.28 bits per heavy atom. The zero-order valence-corrected chi connectivity index (χ0v) is 11.0. The molecule has 104 valence electrons. The van der Waals surface area contributed by atoms with Crippen LogP contribution in [0.15, 0.2) is 0 Å². The van der Waals surface area contributed by atoms with Gasteiger partial charge in [-0.3, -0.25) is 9.59 Å². The van der Waals surface area contributed by atoms with Crippen LogP contribution in [-0.4, -0.2) is 44.7 Å². The molecule has 1 amide bonds. The second kappa shape index (κ2) is 5.66. The molecule has 18 heavy (non-hydrogen) atoms. The van der Waals surface area contributed by atoms with Gasteiger partial charge in [0.05, 0.1) is 6.26 Å². The number of nitrogens with one attached hydrogen (secondary N) is 2. The molecule has 0 aromatic heterocycles. The van der Waals surface area contributed by atoms with Crippen LogP contribution in [0.1, 0.15) is 25.7 Å². The Kier molecular flexibility index (Phi) is 4.69. The molecule has 7 nitrogen and oxygen atoms in total. The van der Waals surface area contributed by atoms with Crippen molar-refractivity contribution in [2.24, 2.45) is 5.41 Å². The first-order chi connectivity index (χ1) is 8.28. The summed E-state index contributed by atoms with van der Waals surface area (Å²) in [5.74, 6) is -1.55. The number of carbonyl (C=O) groups is 2. The van der Waals surface area contributed by atoms with Crippen LogP contribution in [0.3, 0.4) is 0 Å². The molecule has 0 radical (unpaired) electrons. The SMILES string of the molecule is CS(=O)(=O)NCCCNC(=O)C1(C(=O)O)CCC1. The Morgan fingerprint density at radius 2 is 1.89 bits per heavy atom. The Bertz CT molecular complexity index is 428. The van der Waals surface area contributed by atoms with Crippen molar-refractivity contribution in [1.82, 2.24) is 10.0 Å². The minimum atomic E-state index is -3.22. The highest BCUT2D eigenvalue weighted by Gasteiger charge is 2.50. The summed E-state index contributed by atoms with van der Waals surface area (Å²) in [5.41, 5.74) is -1.26. The molecule has 0 aromatic carbocycles. The third kappa shape index (κ3) is 3.67. The quantitative estimate of drug-likeness (QED) is 0.421. The van der Waals surface area contributed by atoms with E-state index in [1.54, 1.807) is 0 Å². The van der Waals surface area contributed by atoms with Gasteiger partial charge in [0.2, 0.25) is 15.9 Å². The van der Waals surface area contributed by atoms with Crippen LogP contribution in [0.5, 0.6) is 0 Å². The molecule has 0 aliphatic heterocycles. The number of aliphatic carboxylic acids is 1. The highest BCUT2D eigenvalue weighted by molar-refractivity contribution is 7.88. The number of hydrogen-bond acceptors (Lipinski definition) is 4. The number of carboxylic acids is 1. The van der Waals surface area contributed by atoms with Crippen molar-refractivity contribution in [1.29, 1.82) is 0 Å². The summed E-state index contributed by atoms with van der Waals surface area (Å²) >= 11 is 0. The zero-order valence-electron chi connectivity index (χ0n) is 10.2. The van der Waals surface area contributed by atoms with Crippen LogP contribution in [0.25, 0.3) is 0 Å². The van der Waals surface area contributed by atoms with Crippen LogP contribution in [0.4, 0.5) is 0 Å². The lowest BCUT2D eigenvalue weighted by molar-refractivity contribution is -0.162. The van der Waals surface area contributed by atoms with Gasteiger partial charge >= 0.3 is 5.97 Å². The summed E-state index contributed by atoms with van der Waals surface area (Å²) in [6.45, 7) is 0.482. The smallest absolute Gasteiger partial charge is 0.319 e. The van der Waals surface area contributed by atoms with Gasteiger partial charge in [0.25, 0.3) is 0 Å². The van der Waals surface area contributed by atoms with Crippen molar-refractivity contribution >= 4 is 21.9 Å². The van der Waals surface area contributed by atoms with E-state index in [1.165, 1.54) is 0 Å². The van der Waals surface area contributed by atoms with E-state index in [0.29, 0.717) is 19.3 Å². The van der Waals surface area contributed by atoms with Gasteiger partial charge in [0.1, 0.15) is 5.41 Å². The van der Waals surface area contributed by atoms with Crippen LogP contribution >= 0.6 is 0 Å². The number of carboxylic acid groups (broad SMARTS) is 1. The predicted octanol–water partition coefficient (Wildman–Crippen LogP) is -0.703. The minimum absolute atomic E-state index is 0.221. The Morgan fingerprint density at radius 3 is 2.28 bits per heavy atom. The second-order valence-corrected chi connectivity index (χ2v) is 6.35. The molecule has 0 unspecified atom stereocenters. The van der Waals surface area contributed by atoms with Crippen LogP contribution < -0.4 is 10.0 Å². The molecule has 0 aromatic rings. The van der Waals surface area contributed by atoms with Crippen molar-refractivity contribution < 1.29 is 23.1 Å². The van der Waals surface area contributed by atoms with Crippen LogP contribution in [0.2, 0.25) is 0 Å². The first kappa shape index (κ1) is 14.9. The summed E-state index contributed by atoms with van der Waals surface area (Å²) in [7, 11) is -3.22. The third-order valence-electron chi connectivity index (χ3n) is 3.05. The molecular weight excluding hydrogens is 260 g/mol. The standard InChI is InChI=1S/C10H18N2O5S/c1-18(16,17)12-7-3-6-11-8(13)10(9(14)15)4-2-5-10/h12H,2-7H2,1H3,(H,11,13)(H,14,15). The van der Waals surface area contributed by atoms with Gasteiger partial charge in [-0.15, -0.1) is 0 Å². The highest BCUT2D eigenvalue weighted by atomic mass is 32.2.